The average molecular weight is 400 g/mol. The van der Waals surface area contributed by atoms with Crippen molar-refractivity contribution in [2.24, 2.45) is 0 Å². The quantitative estimate of drug-likeness (QED) is 0.677. The van der Waals surface area contributed by atoms with Crippen LogP contribution in [0.2, 0.25) is 0 Å². The summed E-state index contributed by atoms with van der Waals surface area (Å²) in [6, 6.07) is 9.51. The normalized spacial score (nSPS) is 10.2. The van der Waals surface area contributed by atoms with Gasteiger partial charge in [-0.25, -0.2) is 4.39 Å². The molecule has 0 fully saturated rings. The van der Waals surface area contributed by atoms with Crippen molar-refractivity contribution in [1.29, 1.82) is 0 Å². The summed E-state index contributed by atoms with van der Waals surface area (Å²) < 4.78 is 24.3. The van der Waals surface area contributed by atoms with E-state index < -0.39 is 11.7 Å². The van der Waals surface area contributed by atoms with Crippen LogP contribution in [0.4, 0.5) is 4.39 Å². The van der Waals surface area contributed by atoms with Gasteiger partial charge in [-0.2, -0.15) is 0 Å². The summed E-state index contributed by atoms with van der Waals surface area (Å²) in [5, 5.41) is 5.20. The maximum Gasteiger partial charge on any atom is 0.258 e. The van der Waals surface area contributed by atoms with Crippen LogP contribution < -0.4 is 20.1 Å². The molecule has 0 aromatic heterocycles. The number of aryl methyl sites for hydroxylation is 2. The predicted molar refractivity (Wildman–Crippen MR) is 109 cm³/mol. The number of methoxy groups -OCH3 is 1. The van der Waals surface area contributed by atoms with Crippen molar-refractivity contribution in [2.45, 2.75) is 20.3 Å². The fraction of sp³-hybridized carbons (Fsp3) is 0.273. The molecule has 6 nitrogen and oxygen atoms in total. The highest BCUT2D eigenvalue weighted by atomic mass is 19.1. The average Bonchev–Trinajstić information content (AvgIpc) is 2.69. The number of halogens is 1. The molecule has 154 valence electrons. The lowest BCUT2D eigenvalue weighted by Crippen LogP contribution is -2.31. The topological polar surface area (TPSA) is 76.7 Å². The summed E-state index contributed by atoms with van der Waals surface area (Å²) >= 11 is 0. The fourth-order valence-corrected chi connectivity index (χ4v) is 2.45. The van der Waals surface area contributed by atoms with Gasteiger partial charge in [0, 0.05) is 18.7 Å². The molecule has 0 unspecified atom stereocenters. The first-order valence-electron chi connectivity index (χ1n) is 9.09. The Morgan fingerprint density at radius 2 is 1.79 bits per heavy atom. The second-order valence-corrected chi connectivity index (χ2v) is 6.54. The van der Waals surface area contributed by atoms with E-state index in [9.17, 15) is 14.0 Å². The Bertz CT molecular complexity index is 912. The lowest BCUT2D eigenvalue weighted by Gasteiger charge is -2.11. The molecular weight excluding hydrogens is 375 g/mol. The highest BCUT2D eigenvalue weighted by Crippen LogP contribution is 2.17. The molecule has 0 atom stereocenters. The fourth-order valence-electron chi connectivity index (χ4n) is 2.45. The van der Waals surface area contributed by atoms with E-state index in [2.05, 4.69) is 17.2 Å². The molecule has 0 aliphatic rings. The number of hydrogen-bond donors (Lipinski definition) is 2. The van der Waals surface area contributed by atoms with Crippen molar-refractivity contribution in [3.05, 3.63) is 71.2 Å². The number of ether oxygens (including phenoxy) is 2. The third-order valence-electron chi connectivity index (χ3n) is 4.31. The minimum Gasteiger partial charge on any atom is -0.497 e. The van der Waals surface area contributed by atoms with Gasteiger partial charge in [-0.1, -0.05) is 12.6 Å². The molecule has 2 N–H and O–H groups in total. The Morgan fingerprint density at radius 3 is 2.48 bits per heavy atom. The van der Waals surface area contributed by atoms with Crippen molar-refractivity contribution < 1.29 is 23.5 Å². The van der Waals surface area contributed by atoms with E-state index in [1.807, 2.05) is 32.0 Å². The summed E-state index contributed by atoms with van der Waals surface area (Å²) in [4.78, 5) is 24.1. The van der Waals surface area contributed by atoms with Gasteiger partial charge >= 0.3 is 0 Å². The van der Waals surface area contributed by atoms with Crippen LogP contribution in [0, 0.1) is 19.7 Å². The Balaban J connectivity index is 1.74. The zero-order valence-electron chi connectivity index (χ0n) is 16.8. The molecule has 0 aliphatic heterocycles. The number of carbonyl (C=O) groups excluding carboxylic acids is 2. The molecule has 2 aromatic rings. The van der Waals surface area contributed by atoms with E-state index in [1.54, 1.807) is 0 Å². The summed E-state index contributed by atoms with van der Waals surface area (Å²) in [6.45, 7) is 7.85. The Morgan fingerprint density at radius 1 is 1.07 bits per heavy atom. The molecule has 2 rings (SSSR count). The molecule has 2 amide bonds. The van der Waals surface area contributed by atoms with Crippen molar-refractivity contribution in [3.8, 4) is 11.5 Å². The first kappa shape index (κ1) is 21.9. The molecule has 0 heterocycles. The second-order valence-electron chi connectivity index (χ2n) is 6.54. The molecule has 2 aromatic carbocycles. The predicted octanol–water partition coefficient (Wildman–Crippen LogP) is 3.28. The number of benzene rings is 2. The van der Waals surface area contributed by atoms with Crippen molar-refractivity contribution >= 4 is 11.8 Å². The van der Waals surface area contributed by atoms with E-state index in [1.165, 1.54) is 19.2 Å². The van der Waals surface area contributed by atoms with Gasteiger partial charge in [-0.3, -0.25) is 9.59 Å². The molecule has 0 aliphatic carbocycles. The van der Waals surface area contributed by atoms with Gasteiger partial charge in [0.2, 0.25) is 0 Å². The number of hydrogen-bond acceptors (Lipinski definition) is 4. The standard InChI is InChI=1S/C22H25FN2O4/c1-14-5-6-18(11-15(14)2)29-13-21(26)24-10-9-16(3)25-22(27)19-12-17(28-4)7-8-20(19)23/h5-8,11-12H,3,9-10,13H2,1-2,4H3,(H,24,26)(H,25,27). The van der Waals surface area contributed by atoms with Gasteiger partial charge in [0.25, 0.3) is 11.8 Å². The van der Waals surface area contributed by atoms with Gasteiger partial charge < -0.3 is 20.1 Å². The Hall–Kier alpha value is -3.35. The third-order valence-corrected chi connectivity index (χ3v) is 4.31. The van der Waals surface area contributed by atoms with Gasteiger partial charge in [-0.15, -0.1) is 0 Å². The molecule has 29 heavy (non-hydrogen) atoms. The number of amides is 2. The molecule has 0 saturated carbocycles. The maximum atomic E-state index is 13.8. The van der Waals surface area contributed by atoms with Crippen molar-refractivity contribution in [2.75, 3.05) is 20.3 Å². The van der Waals surface area contributed by atoms with Crippen LogP contribution in [0.25, 0.3) is 0 Å². The van der Waals surface area contributed by atoms with E-state index in [4.69, 9.17) is 9.47 Å². The highest BCUT2D eigenvalue weighted by Gasteiger charge is 2.14. The van der Waals surface area contributed by atoms with Crippen LogP contribution in [0.5, 0.6) is 11.5 Å². The Kier molecular flexibility index (Phi) is 7.77. The van der Waals surface area contributed by atoms with E-state index in [0.717, 1.165) is 17.2 Å². The molecule has 0 saturated heterocycles. The summed E-state index contributed by atoms with van der Waals surface area (Å²) in [6.07, 6.45) is 0.298. The molecule has 7 heteroatoms. The first-order valence-corrected chi connectivity index (χ1v) is 9.09. The van der Waals surface area contributed by atoms with Gasteiger partial charge in [-0.05, 0) is 55.3 Å². The summed E-state index contributed by atoms with van der Waals surface area (Å²) in [5.41, 5.74) is 2.45. The zero-order valence-corrected chi connectivity index (χ0v) is 16.8. The largest absolute Gasteiger partial charge is 0.497 e. The van der Waals surface area contributed by atoms with Crippen LogP contribution in [-0.4, -0.2) is 32.1 Å². The number of rotatable bonds is 9. The van der Waals surface area contributed by atoms with Gasteiger partial charge in [0.15, 0.2) is 6.61 Å². The lowest BCUT2D eigenvalue weighted by molar-refractivity contribution is -0.123. The van der Waals surface area contributed by atoms with Crippen LogP contribution >= 0.6 is 0 Å². The van der Waals surface area contributed by atoms with Crippen LogP contribution in [0.3, 0.4) is 0 Å². The highest BCUT2D eigenvalue weighted by molar-refractivity contribution is 5.95. The van der Waals surface area contributed by atoms with E-state index in [-0.39, 0.29) is 24.6 Å². The number of nitrogens with one attached hydrogen (secondary N) is 2. The maximum absolute atomic E-state index is 13.8. The van der Waals surface area contributed by atoms with Crippen molar-refractivity contribution in [1.82, 2.24) is 10.6 Å². The first-order chi connectivity index (χ1) is 13.8. The molecular formula is C22H25FN2O4. The van der Waals surface area contributed by atoms with Crippen LogP contribution in [0.1, 0.15) is 27.9 Å². The van der Waals surface area contributed by atoms with E-state index in [0.29, 0.717) is 23.6 Å². The van der Waals surface area contributed by atoms with Gasteiger partial charge in [0.1, 0.15) is 17.3 Å². The lowest BCUT2D eigenvalue weighted by atomic mass is 10.1. The molecule has 0 spiro atoms. The van der Waals surface area contributed by atoms with Crippen LogP contribution in [-0.2, 0) is 4.79 Å². The minimum atomic E-state index is -0.659. The van der Waals surface area contributed by atoms with E-state index >= 15 is 0 Å². The summed E-state index contributed by atoms with van der Waals surface area (Å²) in [5.74, 6) is -0.580. The van der Waals surface area contributed by atoms with Crippen molar-refractivity contribution in [3.63, 3.8) is 0 Å². The second kappa shape index (κ2) is 10.3. The monoisotopic (exact) mass is 400 g/mol. The smallest absolute Gasteiger partial charge is 0.258 e. The van der Waals surface area contributed by atoms with Crippen LogP contribution in [0.15, 0.2) is 48.7 Å². The Labute approximate surface area is 169 Å². The van der Waals surface area contributed by atoms with Gasteiger partial charge in [0.05, 0.1) is 12.7 Å². The minimum absolute atomic E-state index is 0.115. The summed E-state index contributed by atoms with van der Waals surface area (Å²) in [7, 11) is 1.43. The SMILES string of the molecule is C=C(CCNC(=O)COc1ccc(C)c(C)c1)NC(=O)c1cc(OC)ccc1F. The molecule has 0 bridgehead atoms. The third kappa shape index (κ3) is 6.64. The molecule has 0 radical (unpaired) electrons. The zero-order chi connectivity index (χ0) is 21.4. The number of carbonyl (C=O) groups is 2.